The van der Waals surface area contributed by atoms with E-state index in [1.807, 2.05) is 13.0 Å². The van der Waals surface area contributed by atoms with E-state index < -0.39 is 0 Å². The largest absolute Gasteiger partial charge is 0.398 e. The molecule has 0 bridgehead atoms. The van der Waals surface area contributed by atoms with E-state index in [0.29, 0.717) is 17.8 Å². The minimum atomic E-state index is 0.484. The molecule has 108 valence electrons. The Morgan fingerprint density at radius 3 is 2.42 bits per heavy atom. The lowest BCUT2D eigenvalue weighted by atomic mass is 10.1. The van der Waals surface area contributed by atoms with E-state index in [1.165, 1.54) is 5.57 Å². The zero-order valence-electron chi connectivity index (χ0n) is 12.9. The summed E-state index contributed by atoms with van der Waals surface area (Å²) in [6.07, 6.45) is 4.63. The van der Waals surface area contributed by atoms with Crippen LogP contribution in [0.4, 0.5) is 0 Å². The van der Waals surface area contributed by atoms with Crippen molar-refractivity contribution in [1.29, 1.82) is 0 Å². The highest BCUT2D eigenvalue weighted by Crippen LogP contribution is 2.18. The third-order valence-electron chi connectivity index (χ3n) is 3.44. The summed E-state index contributed by atoms with van der Waals surface area (Å²) >= 11 is 0. The van der Waals surface area contributed by atoms with Crippen molar-refractivity contribution in [3.63, 3.8) is 0 Å². The lowest BCUT2D eigenvalue weighted by molar-refractivity contribution is 0.211. The van der Waals surface area contributed by atoms with Crippen LogP contribution in [0, 0.1) is 0 Å². The molecule has 0 aromatic heterocycles. The highest BCUT2D eigenvalue weighted by molar-refractivity contribution is 5.77. The van der Waals surface area contributed by atoms with Crippen LogP contribution >= 0.6 is 0 Å². The van der Waals surface area contributed by atoms with Crippen LogP contribution in [0.3, 0.4) is 0 Å². The highest BCUT2D eigenvalue weighted by atomic mass is 15.3. The van der Waals surface area contributed by atoms with E-state index in [2.05, 4.69) is 42.9 Å². The number of aliphatic imine (C=N–C) groups is 1. The summed E-state index contributed by atoms with van der Waals surface area (Å²) in [5.41, 5.74) is 7.82. The smallest absolute Gasteiger partial charge is 0.127 e. The second-order valence-corrected chi connectivity index (χ2v) is 5.38. The minimum Gasteiger partial charge on any atom is -0.398 e. The summed E-state index contributed by atoms with van der Waals surface area (Å²) < 4.78 is 0. The molecule has 2 atom stereocenters. The van der Waals surface area contributed by atoms with Gasteiger partial charge in [-0.25, -0.2) is 4.99 Å². The topological polar surface area (TPSA) is 53.6 Å². The summed E-state index contributed by atoms with van der Waals surface area (Å²) in [6, 6.07) is 0.968. The van der Waals surface area contributed by atoms with Crippen LogP contribution in [0.25, 0.3) is 0 Å². The van der Waals surface area contributed by atoms with Gasteiger partial charge in [0.15, 0.2) is 0 Å². The Bertz CT molecular complexity index is 372. The van der Waals surface area contributed by atoms with Crippen LogP contribution < -0.4 is 11.1 Å². The van der Waals surface area contributed by atoms with Gasteiger partial charge in [-0.2, -0.15) is 0 Å². The maximum Gasteiger partial charge on any atom is 0.127 e. The van der Waals surface area contributed by atoms with Gasteiger partial charge in [0.2, 0.25) is 0 Å². The first-order chi connectivity index (χ1) is 8.97. The van der Waals surface area contributed by atoms with E-state index in [1.54, 1.807) is 6.21 Å². The maximum atomic E-state index is 5.81. The number of nitrogens with two attached hydrogens (primary N) is 1. The molecule has 19 heavy (non-hydrogen) atoms. The molecule has 0 aromatic rings. The predicted octanol–water partition coefficient (Wildman–Crippen LogP) is 2.24. The molecule has 1 saturated heterocycles. The van der Waals surface area contributed by atoms with Crippen LogP contribution in [0.5, 0.6) is 0 Å². The SMILES string of the molecule is C\C=C(N)/C=N\C(=C(/C)CC)N1C[C@@H](C)N[C@@H](C)C1. The van der Waals surface area contributed by atoms with Gasteiger partial charge < -0.3 is 16.0 Å². The van der Waals surface area contributed by atoms with Gasteiger partial charge >= 0.3 is 0 Å². The van der Waals surface area contributed by atoms with Crippen molar-refractivity contribution >= 4 is 6.21 Å². The van der Waals surface area contributed by atoms with Gasteiger partial charge in [0.05, 0.1) is 6.21 Å². The van der Waals surface area contributed by atoms with Crippen molar-refractivity contribution in [3.8, 4) is 0 Å². The van der Waals surface area contributed by atoms with Crippen LogP contribution in [-0.2, 0) is 0 Å². The van der Waals surface area contributed by atoms with Gasteiger partial charge in [-0.15, -0.1) is 0 Å². The van der Waals surface area contributed by atoms with Gasteiger partial charge in [-0.1, -0.05) is 13.0 Å². The van der Waals surface area contributed by atoms with Gasteiger partial charge in [-0.05, 0) is 39.7 Å². The fourth-order valence-electron chi connectivity index (χ4n) is 2.33. The molecule has 0 spiro atoms. The average Bonchev–Trinajstić information content (AvgIpc) is 2.37. The van der Waals surface area contributed by atoms with Gasteiger partial charge in [0.1, 0.15) is 5.82 Å². The third-order valence-corrected chi connectivity index (χ3v) is 3.44. The van der Waals surface area contributed by atoms with E-state index in [-0.39, 0.29) is 0 Å². The molecule has 1 aliphatic rings. The maximum absolute atomic E-state index is 5.81. The molecule has 1 heterocycles. The first-order valence-electron chi connectivity index (χ1n) is 7.14. The van der Waals surface area contributed by atoms with Gasteiger partial charge in [0.25, 0.3) is 0 Å². The first kappa shape index (κ1) is 15.8. The van der Waals surface area contributed by atoms with Crippen LogP contribution in [-0.4, -0.2) is 36.3 Å². The normalized spacial score (nSPS) is 26.8. The molecule has 1 rings (SSSR count). The Kier molecular flexibility index (Phi) is 6.09. The number of nitrogens with one attached hydrogen (secondary N) is 1. The molecule has 0 aliphatic carbocycles. The Labute approximate surface area is 117 Å². The molecule has 4 nitrogen and oxygen atoms in total. The van der Waals surface area contributed by atoms with Crippen LogP contribution in [0.2, 0.25) is 0 Å². The van der Waals surface area contributed by atoms with Gasteiger partial charge in [-0.3, -0.25) is 0 Å². The van der Waals surface area contributed by atoms with Crippen LogP contribution in [0.15, 0.2) is 28.2 Å². The molecule has 1 fully saturated rings. The van der Waals surface area contributed by atoms with E-state index in [9.17, 15) is 0 Å². The number of nitrogens with zero attached hydrogens (tertiary/aromatic N) is 2. The quantitative estimate of drug-likeness (QED) is 0.766. The zero-order valence-corrected chi connectivity index (χ0v) is 12.9. The Hall–Kier alpha value is -1.29. The Morgan fingerprint density at radius 1 is 1.37 bits per heavy atom. The van der Waals surface area contributed by atoms with Gasteiger partial charge in [0, 0.05) is 30.9 Å². The summed E-state index contributed by atoms with van der Waals surface area (Å²) in [5.74, 6) is 1.08. The molecule has 4 heteroatoms. The van der Waals surface area contributed by atoms with E-state index in [0.717, 1.165) is 25.3 Å². The fraction of sp³-hybridized carbons (Fsp3) is 0.667. The predicted molar refractivity (Wildman–Crippen MR) is 83.1 cm³/mol. The summed E-state index contributed by atoms with van der Waals surface area (Å²) in [4.78, 5) is 6.98. The lowest BCUT2D eigenvalue weighted by Crippen LogP contribution is -2.53. The van der Waals surface area contributed by atoms with Crippen molar-refractivity contribution in [2.75, 3.05) is 13.1 Å². The molecule has 0 unspecified atom stereocenters. The number of piperazine rings is 1. The molecule has 0 aromatic carbocycles. The Morgan fingerprint density at radius 2 is 1.95 bits per heavy atom. The van der Waals surface area contributed by atoms with Crippen molar-refractivity contribution in [2.45, 2.75) is 53.1 Å². The van der Waals surface area contributed by atoms with Crippen molar-refractivity contribution in [3.05, 3.63) is 23.2 Å². The monoisotopic (exact) mass is 264 g/mol. The average molecular weight is 264 g/mol. The van der Waals surface area contributed by atoms with E-state index in [4.69, 9.17) is 5.73 Å². The Balaban J connectivity index is 2.95. The molecular weight excluding hydrogens is 236 g/mol. The molecule has 3 N–H and O–H groups in total. The molecule has 0 saturated carbocycles. The second kappa shape index (κ2) is 7.34. The molecule has 0 radical (unpaired) electrons. The van der Waals surface area contributed by atoms with Crippen molar-refractivity contribution < 1.29 is 0 Å². The fourth-order valence-corrected chi connectivity index (χ4v) is 2.33. The highest BCUT2D eigenvalue weighted by Gasteiger charge is 2.23. The molecule has 0 amide bonds. The van der Waals surface area contributed by atoms with Crippen molar-refractivity contribution in [1.82, 2.24) is 10.2 Å². The summed E-state index contributed by atoms with van der Waals surface area (Å²) in [6.45, 7) is 12.6. The second-order valence-electron chi connectivity index (χ2n) is 5.38. The third kappa shape index (κ3) is 4.71. The molecular formula is C15H28N4. The molecule has 1 aliphatic heterocycles. The zero-order chi connectivity index (χ0) is 14.4. The van der Waals surface area contributed by atoms with Crippen molar-refractivity contribution in [2.24, 2.45) is 10.7 Å². The minimum absolute atomic E-state index is 0.484. The number of hydrogen-bond donors (Lipinski definition) is 2. The first-order valence-corrected chi connectivity index (χ1v) is 7.14. The number of rotatable bonds is 4. The van der Waals surface area contributed by atoms with Crippen LogP contribution in [0.1, 0.15) is 41.0 Å². The summed E-state index contributed by atoms with van der Waals surface area (Å²) in [7, 11) is 0. The number of allylic oxidation sites excluding steroid dienone is 3. The van der Waals surface area contributed by atoms with E-state index >= 15 is 0 Å². The number of hydrogen-bond acceptors (Lipinski definition) is 4. The lowest BCUT2D eigenvalue weighted by Gasteiger charge is -2.38. The summed E-state index contributed by atoms with van der Waals surface area (Å²) in [5, 5.41) is 3.54. The standard InChI is InChI=1S/C15H28N4/c1-6-11(3)15(17-8-14(16)7-2)19-9-12(4)18-13(5)10-19/h7-8,12-13,18H,6,9-10,16H2,1-5H3/b14-7+,15-11-,17-8-/t12-,13+.